The van der Waals surface area contributed by atoms with Crippen LogP contribution < -0.4 is 4.90 Å². The molecule has 0 bridgehead atoms. The molecule has 2 atom stereocenters. The van der Waals surface area contributed by atoms with E-state index in [9.17, 15) is 14.4 Å². The van der Waals surface area contributed by atoms with Gasteiger partial charge in [-0.25, -0.2) is 0 Å². The lowest BCUT2D eigenvalue weighted by Crippen LogP contribution is -2.49. The molecule has 0 spiro atoms. The summed E-state index contributed by atoms with van der Waals surface area (Å²) in [5.41, 5.74) is 4.19. The van der Waals surface area contributed by atoms with Gasteiger partial charge in [-0.15, -0.1) is 0 Å². The van der Waals surface area contributed by atoms with Crippen LogP contribution in [0.3, 0.4) is 0 Å². The zero-order chi connectivity index (χ0) is 28.7. The van der Waals surface area contributed by atoms with Gasteiger partial charge in [-0.1, -0.05) is 104 Å². The van der Waals surface area contributed by atoms with E-state index in [1.54, 1.807) is 4.90 Å². The van der Waals surface area contributed by atoms with Crippen molar-refractivity contribution in [2.75, 3.05) is 4.90 Å². The number of carbonyl (C=O) groups is 3. The maximum Gasteiger partial charge on any atom is 0.239 e. The minimum atomic E-state index is -1.22. The SMILES string of the molecule is Cc1ccc2c(c1)[C@](Cc1ccc(Br)cc1)([C@H]1CC(=O)N(Cc3ccc(Br)cc3)C1=O)C(=O)N2Cc1ccccc1. The number of aryl methyl sites for hydroxylation is 1. The predicted octanol–water partition coefficient (Wildman–Crippen LogP) is 7.12. The number of hydrogen-bond acceptors (Lipinski definition) is 3. The lowest BCUT2D eigenvalue weighted by atomic mass is 9.66. The van der Waals surface area contributed by atoms with Gasteiger partial charge < -0.3 is 4.90 Å². The monoisotopic (exact) mass is 670 g/mol. The number of likely N-dealkylation sites (tertiary alicyclic amines) is 1. The highest BCUT2D eigenvalue weighted by molar-refractivity contribution is 9.10. The molecule has 0 N–H and O–H groups in total. The number of benzene rings is 4. The average Bonchev–Trinajstić information content (AvgIpc) is 3.37. The van der Waals surface area contributed by atoms with E-state index < -0.39 is 11.3 Å². The first kappa shape index (κ1) is 27.6. The molecular weight excluding hydrogens is 644 g/mol. The lowest BCUT2D eigenvalue weighted by Gasteiger charge is -2.34. The van der Waals surface area contributed by atoms with Gasteiger partial charge in [0.15, 0.2) is 0 Å². The second-order valence-corrected chi connectivity index (χ2v) is 12.7. The number of halogens is 2. The van der Waals surface area contributed by atoms with Crippen LogP contribution in [0, 0.1) is 12.8 Å². The number of amides is 3. The second kappa shape index (κ2) is 11.0. The van der Waals surface area contributed by atoms with Crippen molar-refractivity contribution < 1.29 is 14.4 Å². The van der Waals surface area contributed by atoms with Gasteiger partial charge in [0.25, 0.3) is 0 Å². The van der Waals surface area contributed by atoms with Gasteiger partial charge in [-0.3, -0.25) is 19.3 Å². The zero-order valence-electron chi connectivity index (χ0n) is 22.5. The summed E-state index contributed by atoms with van der Waals surface area (Å²) in [7, 11) is 0. The summed E-state index contributed by atoms with van der Waals surface area (Å²) < 4.78 is 1.86. The van der Waals surface area contributed by atoms with E-state index in [0.29, 0.717) is 13.0 Å². The molecule has 3 amide bonds. The Kier molecular flexibility index (Phi) is 7.43. The number of fused-ring (bicyclic) bond motifs is 1. The number of hydrogen-bond donors (Lipinski definition) is 0. The molecule has 206 valence electrons. The van der Waals surface area contributed by atoms with Gasteiger partial charge in [0, 0.05) is 21.1 Å². The van der Waals surface area contributed by atoms with E-state index in [0.717, 1.165) is 42.5 Å². The summed E-state index contributed by atoms with van der Waals surface area (Å²) in [5, 5.41) is 0. The Balaban J connectivity index is 1.47. The summed E-state index contributed by atoms with van der Waals surface area (Å²) in [4.78, 5) is 45.7. The third kappa shape index (κ3) is 5.06. The highest BCUT2D eigenvalue weighted by atomic mass is 79.9. The molecule has 5 nitrogen and oxygen atoms in total. The molecule has 0 radical (unpaired) electrons. The molecule has 2 aliphatic heterocycles. The van der Waals surface area contributed by atoms with Crippen LogP contribution in [-0.2, 0) is 39.3 Å². The fourth-order valence-electron chi connectivity index (χ4n) is 6.19. The quantitative estimate of drug-likeness (QED) is 0.197. The van der Waals surface area contributed by atoms with E-state index in [4.69, 9.17) is 0 Å². The van der Waals surface area contributed by atoms with Crippen molar-refractivity contribution in [3.8, 4) is 0 Å². The fourth-order valence-corrected chi connectivity index (χ4v) is 6.72. The van der Waals surface area contributed by atoms with Gasteiger partial charge in [-0.2, -0.15) is 0 Å². The van der Waals surface area contributed by atoms with E-state index in [-0.39, 0.29) is 30.7 Å². The topological polar surface area (TPSA) is 57.7 Å². The predicted molar refractivity (Wildman–Crippen MR) is 166 cm³/mol. The first-order valence-electron chi connectivity index (χ1n) is 13.6. The van der Waals surface area contributed by atoms with Crippen LogP contribution in [-0.4, -0.2) is 22.6 Å². The van der Waals surface area contributed by atoms with Gasteiger partial charge in [0.1, 0.15) is 0 Å². The summed E-state index contributed by atoms with van der Waals surface area (Å²) in [6.45, 7) is 2.56. The van der Waals surface area contributed by atoms with Crippen molar-refractivity contribution in [3.05, 3.63) is 134 Å². The van der Waals surface area contributed by atoms with Crippen molar-refractivity contribution in [1.82, 2.24) is 4.90 Å². The molecule has 0 aliphatic carbocycles. The number of imide groups is 1. The Morgan fingerprint density at radius 3 is 1.98 bits per heavy atom. The Labute approximate surface area is 256 Å². The molecule has 2 aliphatic rings. The van der Waals surface area contributed by atoms with E-state index in [1.165, 1.54) is 4.90 Å². The minimum Gasteiger partial charge on any atom is -0.307 e. The second-order valence-electron chi connectivity index (χ2n) is 10.9. The molecule has 0 saturated carbocycles. The molecule has 0 aromatic heterocycles. The average molecular weight is 672 g/mol. The van der Waals surface area contributed by atoms with Crippen molar-refractivity contribution in [2.45, 2.75) is 38.3 Å². The molecule has 1 saturated heterocycles. The third-order valence-corrected chi connectivity index (χ3v) is 9.28. The van der Waals surface area contributed by atoms with Crippen molar-refractivity contribution in [1.29, 1.82) is 0 Å². The molecule has 41 heavy (non-hydrogen) atoms. The Morgan fingerprint density at radius 2 is 1.32 bits per heavy atom. The third-order valence-electron chi connectivity index (χ3n) is 8.22. The van der Waals surface area contributed by atoms with Crippen LogP contribution in [0.2, 0.25) is 0 Å². The summed E-state index contributed by atoms with van der Waals surface area (Å²) >= 11 is 6.95. The largest absolute Gasteiger partial charge is 0.307 e. The number of nitrogens with zero attached hydrogens (tertiary/aromatic N) is 2. The van der Waals surface area contributed by atoms with Gasteiger partial charge in [0.05, 0.1) is 24.4 Å². The first-order chi connectivity index (χ1) is 19.8. The Bertz CT molecular complexity index is 1640. The van der Waals surface area contributed by atoms with Crippen LogP contribution in [0.15, 0.2) is 106 Å². The maximum absolute atomic E-state index is 14.8. The molecule has 1 fully saturated rings. The van der Waals surface area contributed by atoms with E-state index >= 15 is 0 Å². The van der Waals surface area contributed by atoms with Crippen LogP contribution in [0.4, 0.5) is 5.69 Å². The summed E-state index contributed by atoms with van der Waals surface area (Å²) in [6, 6.07) is 31.3. The van der Waals surface area contributed by atoms with Gasteiger partial charge >= 0.3 is 0 Å². The number of rotatable bonds is 7. The molecule has 2 heterocycles. The minimum absolute atomic E-state index is 0.00973. The Hall–Kier alpha value is -3.55. The maximum atomic E-state index is 14.8. The number of carbonyl (C=O) groups excluding carboxylic acids is 3. The highest BCUT2D eigenvalue weighted by Gasteiger charge is 2.61. The molecule has 4 aromatic rings. The van der Waals surface area contributed by atoms with Crippen LogP contribution >= 0.6 is 31.9 Å². The molecule has 6 rings (SSSR count). The van der Waals surface area contributed by atoms with Crippen LogP contribution in [0.25, 0.3) is 0 Å². The van der Waals surface area contributed by atoms with Crippen LogP contribution in [0.5, 0.6) is 0 Å². The highest BCUT2D eigenvalue weighted by Crippen LogP contribution is 2.52. The van der Waals surface area contributed by atoms with Crippen LogP contribution in [0.1, 0.15) is 34.2 Å². The summed E-state index contributed by atoms with van der Waals surface area (Å²) in [5.74, 6) is -1.50. The van der Waals surface area contributed by atoms with Gasteiger partial charge in [0.2, 0.25) is 17.7 Å². The number of anilines is 1. The van der Waals surface area contributed by atoms with Crippen molar-refractivity contribution in [3.63, 3.8) is 0 Å². The normalized spacial score (nSPS) is 20.2. The van der Waals surface area contributed by atoms with E-state index in [1.807, 2.05) is 104 Å². The molecule has 7 heteroatoms. The molecule has 4 aromatic carbocycles. The molecule has 0 unspecified atom stereocenters. The molecular formula is C34H28Br2N2O3. The first-order valence-corrected chi connectivity index (χ1v) is 15.1. The standard InChI is InChI=1S/C34H28Br2N2O3/c1-22-7-16-30-28(17-22)34(19-23-8-12-26(35)13-9-23,33(41)37(30)20-24-5-3-2-4-6-24)29-18-31(39)38(32(29)40)21-25-10-14-27(36)15-11-25/h2-17,29H,18-21H2,1H3/t29-,34+/m0/s1. The fraction of sp³-hybridized carbons (Fsp3) is 0.206. The van der Waals surface area contributed by atoms with Gasteiger partial charge in [-0.05, 0) is 65.9 Å². The smallest absolute Gasteiger partial charge is 0.239 e. The van der Waals surface area contributed by atoms with E-state index in [2.05, 4.69) is 31.9 Å². The Morgan fingerprint density at radius 1 is 0.732 bits per heavy atom. The van der Waals surface area contributed by atoms with Crippen molar-refractivity contribution in [2.24, 2.45) is 5.92 Å². The summed E-state index contributed by atoms with van der Waals surface area (Å²) in [6.07, 6.45) is 0.306. The lowest BCUT2D eigenvalue weighted by molar-refractivity contribution is -0.142. The van der Waals surface area contributed by atoms with Crippen molar-refractivity contribution >= 4 is 55.3 Å². The zero-order valence-corrected chi connectivity index (χ0v) is 25.7.